The van der Waals surface area contributed by atoms with Crippen LogP contribution in [0.15, 0.2) is 18.2 Å². The third-order valence-corrected chi connectivity index (χ3v) is 4.73. The first kappa shape index (κ1) is 13.1. The van der Waals surface area contributed by atoms with Gasteiger partial charge in [-0.15, -0.1) is 0 Å². The molecule has 1 aromatic carbocycles. The van der Waals surface area contributed by atoms with Crippen molar-refractivity contribution in [3.05, 3.63) is 34.9 Å². The minimum atomic E-state index is 0.470. The van der Waals surface area contributed by atoms with E-state index in [1.54, 1.807) is 11.1 Å². The van der Waals surface area contributed by atoms with E-state index < -0.39 is 0 Å². The third kappa shape index (κ3) is 3.18. The Kier molecular flexibility index (Phi) is 4.19. The topological polar surface area (TPSA) is 21.3 Å². The van der Waals surface area contributed by atoms with E-state index in [1.807, 2.05) is 0 Å². The maximum absolute atomic E-state index is 6.09. The second-order valence-electron chi connectivity index (χ2n) is 6.03. The van der Waals surface area contributed by atoms with Crippen LogP contribution in [0, 0.1) is 0 Å². The number of rotatable bonds is 4. The summed E-state index contributed by atoms with van der Waals surface area (Å²) in [7, 11) is 2.07. The maximum Gasteiger partial charge on any atom is 0.0720 e. The molecule has 2 aliphatic rings. The van der Waals surface area contributed by atoms with Gasteiger partial charge >= 0.3 is 0 Å². The maximum atomic E-state index is 6.09. The molecule has 19 heavy (non-hydrogen) atoms. The first-order valence-electron chi connectivity index (χ1n) is 7.74. The summed E-state index contributed by atoms with van der Waals surface area (Å²) in [6.45, 7) is 0.794. The van der Waals surface area contributed by atoms with Crippen LogP contribution in [0.3, 0.4) is 0 Å². The summed E-state index contributed by atoms with van der Waals surface area (Å²) in [4.78, 5) is 0. The van der Waals surface area contributed by atoms with Crippen molar-refractivity contribution in [2.45, 2.75) is 63.7 Å². The summed E-state index contributed by atoms with van der Waals surface area (Å²) in [6.07, 6.45) is 9.25. The molecule has 0 amide bonds. The van der Waals surface area contributed by atoms with E-state index in [1.165, 1.54) is 50.5 Å². The van der Waals surface area contributed by atoms with Crippen LogP contribution in [-0.4, -0.2) is 19.2 Å². The Balaban J connectivity index is 1.50. The molecule has 0 atom stereocenters. The highest BCUT2D eigenvalue weighted by Crippen LogP contribution is 2.25. The Morgan fingerprint density at radius 1 is 1.11 bits per heavy atom. The fourth-order valence-electron chi connectivity index (χ4n) is 3.45. The number of hydrogen-bond donors (Lipinski definition) is 1. The van der Waals surface area contributed by atoms with E-state index in [2.05, 4.69) is 30.6 Å². The lowest BCUT2D eigenvalue weighted by atomic mass is 9.93. The molecule has 0 unspecified atom stereocenters. The monoisotopic (exact) mass is 259 g/mol. The van der Waals surface area contributed by atoms with Crippen LogP contribution < -0.4 is 5.32 Å². The predicted molar refractivity (Wildman–Crippen MR) is 78.4 cm³/mol. The smallest absolute Gasteiger partial charge is 0.0720 e. The van der Waals surface area contributed by atoms with Crippen LogP contribution in [0.25, 0.3) is 0 Å². The number of benzene rings is 1. The molecule has 0 radical (unpaired) electrons. The van der Waals surface area contributed by atoms with E-state index in [0.717, 1.165) is 6.61 Å². The number of ether oxygens (including phenoxy) is 1. The van der Waals surface area contributed by atoms with E-state index in [-0.39, 0.29) is 0 Å². The van der Waals surface area contributed by atoms with E-state index in [9.17, 15) is 0 Å². The quantitative estimate of drug-likeness (QED) is 0.896. The Morgan fingerprint density at radius 3 is 2.68 bits per heavy atom. The van der Waals surface area contributed by atoms with Crippen molar-refractivity contribution in [3.8, 4) is 0 Å². The summed E-state index contributed by atoms with van der Waals surface area (Å²) >= 11 is 0. The average molecular weight is 259 g/mol. The molecule has 1 aromatic rings. The molecule has 0 saturated heterocycles. The van der Waals surface area contributed by atoms with Crippen molar-refractivity contribution in [1.29, 1.82) is 0 Å². The van der Waals surface area contributed by atoms with Gasteiger partial charge in [-0.3, -0.25) is 0 Å². The second-order valence-corrected chi connectivity index (χ2v) is 6.03. The number of hydrogen-bond acceptors (Lipinski definition) is 2. The summed E-state index contributed by atoms with van der Waals surface area (Å²) in [5.41, 5.74) is 4.47. The Hall–Kier alpha value is -0.860. The molecule has 0 heterocycles. The third-order valence-electron chi connectivity index (χ3n) is 4.73. The van der Waals surface area contributed by atoms with Gasteiger partial charge in [0.25, 0.3) is 0 Å². The van der Waals surface area contributed by atoms with E-state index in [4.69, 9.17) is 4.74 Å². The zero-order chi connectivity index (χ0) is 13.1. The van der Waals surface area contributed by atoms with Crippen LogP contribution in [0.2, 0.25) is 0 Å². The first-order valence-corrected chi connectivity index (χ1v) is 7.74. The normalized spacial score (nSPS) is 26.4. The van der Waals surface area contributed by atoms with Gasteiger partial charge in [-0.25, -0.2) is 0 Å². The van der Waals surface area contributed by atoms with Crippen molar-refractivity contribution < 1.29 is 4.74 Å². The molecule has 1 fully saturated rings. The van der Waals surface area contributed by atoms with Gasteiger partial charge in [0, 0.05) is 6.04 Å². The van der Waals surface area contributed by atoms with Gasteiger partial charge in [-0.1, -0.05) is 18.2 Å². The van der Waals surface area contributed by atoms with Crippen molar-refractivity contribution in [1.82, 2.24) is 5.32 Å². The number of fused-ring (bicyclic) bond motifs is 1. The summed E-state index contributed by atoms with van der Waals surface area (Å²) in [5, 5.41) is 3.37. The Labute approximate surface area is 116 Å². The Bertz CT molecular complexity index is 421. The van der Waals surface area contributed by atoms with Crippen LogP contribution in [0.4, 0.5) is 0 Å². The molecule has 1 N–H and O–H groups in total. The molecule has 3 rings (SSSR count). The van der Waals surface area contributed by atoms with Crippen molar-refractivity contribution >= 4 is 0 Å². The molecule has 0 bridgehead atoms. The molecular formula is C17H25NO. The van der Waals surface area contributed by atoms with Crippen LogP contribution in [0.1, 0.15) is 48.8 Å². The first-order chi connectivity index (χ1) is 9.35. The summed E-state index contributed by atoms with van der Waals surface area (Å²) in [5.74, 6) is 0. The molecule has 0 aromatic heterocycles. The largest absolute Gasteiger partial charge is 0.374 e. The lowest BCUT2D eigenvalue weighted by Gasteiger charge is -2.28. The number of aryl methyl sites for hydroxylation is 2. The molecule has 0 spiro atoms. The molecule has 2 aliphatic carbocycles. The van der Waals surface area contributed by atoms with Gasteiger partial charge in [0.05, 0.1) is 12.7 Å². The van der Waals surface area contributed by atoms with Gasteiger partial charge in [0.15, 0.2) is 0 Å². The van der Waals surface area contributed by atoms with E-state index >= 15 is 0 Å². The molecule has 1 saturated carbocycles. The zero-order valence-corrected chi connectivity index (χ0v) is 12.0. The molecule has 2 heteroatoms. The second kappa shape index (κ2) is 6.06. The van der Waals surface area contributed by atoms with Gasteiger partial charge in [0.1, 0.15) is 0 Å². The highest BCUT2D eigenvalue weighted by Gasteiger charge is 2.20. The van der Waals surface area contributed by atoms with Gasteiger partial charge < -0.3 is 10.1 Å². The fraction of sp³-hybridized carbons (Fsp3) is 0.647. The van der Waals surface area contributed by atoms with Crippen LogP contribution in [-0.2, 0) is 24.2 Å². The predicted octanol–water partition coefficient (Wildman–Crippen LogP) is 3.22. The number of nitrogens with one attached hydrogen (secondary N) is 1. The van der Waals surface area contributed by atoms with Crippen molar-refractivity contribution in [2.75, 3.05) is 7.05 Å². The van der Waals surface area contributed by atoms with Crippen molar-refractivity contribution in [2.24, 2.45) is 0 Å². The van der Waals surface area contributed by atoms with Gasteiger partial charge in [-0.05, 0) is 68.7 Å². The molecule has 2 nitrogen and oxygen atoms in total. The molecule has 0 aliphatic heterocycles. The van der Waals surface area contributed by atoms with Crippen LogP contribution in [0.5, 0.6) is 0 Å². The fourth-order valence-corrected chi connectivity index (χ4v) is 3.45. The Morgan fingerprint density at radius 2 is 1.89 bits per heavy atom. The molecule has 104 valence electrons. The van der Waals surface area contributed by atoms with Gasteiger partial charge in [-0.2, -0.15) is 0 Å². The average Bonchev–Trinajstić information content (AvgIpc) is 2.93. The SMILES string of the molecule is CNC1CCC(OCc2ccc3c(c2)CCC3)CC1. The van der Waals surface area contributed by atoms with Crippen LogP contribution >= 0.6 is 0 Å². The zero-order valence-electron chi connectivity index (χ0n) is 12.0. The summed E-state index contributed by atoms with van der Waals surface area (Å²) < 4.78 is 6.09. The highest BCUT2D eigenvalue weighted by atomic mass is 16.5. The van der Waals surface area contributed by atoms with Crippen molar-refractivity contribution in [3.63, 3.8) is 0 Å². The van der Waals surface area contributed by atoms with Gasteiger partial charge in [0.2, 0.25) is 0 Å². The van der Waals surface area contributed by atoms with E-state index in [0.29, 0.717) is 12.1 Å². The molecular weight excluding hydrogens is 234 g/mol. The lowest BCUT2D eigenvalue weighted by Crippen LogP contribution is -2.32. The summed E-state index contributed by atoms with van der Waals surface area (Å²) in [6, 6.07) is 7.63. The highest BCUT2D eigenvalue weighted by molar-refractivity contribution is 5.35. The minimum Gasteiger partial charge on any atom is -0.374 e. The standard InChI is InChI=1S/C17H25NO/c1-18-16-7-9-17(10-8-16)19-12-13-5-6-14-3-2-4-15(14)11-13/h5-6,11,16-18H,2-4,7-10,12H2,1H3. The minimum absolute atomic E-state index is 0.470. The lowest BCUT2D eigenvalue weighted by molar-refractivity contribution is 0.0118.